The highest BCUT2D eigenvalue weighted by Crippen LogP contribution is 2.57. The first-order valence-electron chi connectivity index (χ1n) is 10.0. The van der Waals surface area contributed by atoms with Crippen molar-refractivity contribution in [3.05, 3.63) is 35.4 Å². The molecule has 138 valence electrons. The molecule has 0 heterocycles. The zero-order chi connectivity index (χ0) is 17.9. The minimum absolute atomic E-state index is 0.0777. The predicted molar refractivity (Wildman–Crippen MR) is 94.5 cm³/mol. The number of ether oxygens (including phenoxy) is 1. The largest absolute Gasteiger partial charge is 0.456 e. The van der Waals surface area contributed by atoms with Crippen molar-refractivity contribution in [3.63, 3.8) is 0 Å². The van der Waals surface area contributed by atoms with Crippen LogP contribution in [0.2, 0.25) is 0 Å². The molecule has 1 aromatic rings. The molecule has 0 aromatic heterocycles. The summed E-state index contributed by atoms with van der Waals surface area (Å²) in [6.45, 7) is 0. The number of halogens is 1. The van der Waals surface area contributed by atoms with Gasteiger partial charge in [0, 0.05) is 12.0 Å². The zero-order valence-electron chi connectivity index (χ0n) is 15.0. The fourth-order valence-corrected chi connectivity index (χ4v) is 6.44. The van der Waals surface area contributed by atoms with Crippen molar-refractivity contribution < 1.29 is 18.7 Å². The Kier molecular flexibility index (Phi) is 3.57. The van der Waals surface area contributed by atoms with E-state index >= 15 is 4.39 Å². The first-order chi connectivity index (χ1) is 12.5. The van der Waals surface area contributed by atoms with Gasteiger partial charge >= 0.3 is 5.97 Å². The van der Waals surface area contributed by atoms with Gasteiger partial charge in [0.1, 0.15) is 5.60 Å². The molecule has 0 radical (unpaired) electrons. The molecule has 0 aliphatic heterocycles. The first kappa shape index (κ1) is 16.5. The van der Waals surface area contributed by atoms with Crippen molar-refractivity contribution in [2.75, 3.05) is 0 Å². The third kappa shape index (κ3) is 2.44. The summed E-state index contributed by atoms with van der Waals surface area (Å²) in [5.74, 6) is 0.182. The molecule has 0 N–H and O–H groups in total. The molecule has 1 atom stereocenters. The number of benzene rings is 1. The number of hydrogen-bond donors (Lipinski definition) is 0. The van der Waals surface area contributed by atoms with Crippen LogP contribution in [0.5, 0.6) is 0 Å². The van der Waals surface area contributed by atoms with Gasteiger partial charge in [-0.1, -0.05) is 24.3 Å². The predicted octanol–water partition coefficient (Wildman–Crippen LogP) is 4.43. The Hall–Kier alpha value is -1.71. The van der Waals surface area contributed by atoms with Crippen LogP contribution in [0.25, 0.3) is 0 Å². The number of ketones is 1. The van der Waals surface area contributed by atoms with E-state index in [-0.39, 0.29) is 6.42 Å². The smallest absolute Gasteiger partial charge is 0.352 e. The van der Waals surface area contributed by atoms with Crippen LogP contribution >= 0.6 is 0 Å². The molecule has 4 bridgehead atoms. The number of Topliss-reactive ketones (excluding diaryl/α,β-unsaturated/α-hetero) is 1. The molecule has 0 spiro atoms. The van der Waals surface area contributed by atoms with Crippen LogP contribution in [0, 0.1) is 17.8 Å². The van der Waals surface area contributed by atoms with Crippen molar-refractivity contribution in [1.29, 1.82) is 0 Å². The highest BCUT2D eigenvalue weighted by Gasteiger charge is 2.57. The lowest BCUT2D eigenvalue weighted by molar-refractivity contribution is -0.196. The van der Waals surface area contributed by atoms with Crippen LogP contribution in [0.4, 0.5) is 4.39 Å². The second-order valence-corrected chi connectivity index (χ2v) is 9.13. The minimum Gasteiger partial charge on any atom is -0.456 e. The SMILES string of the molecule is O=C(OC12CC3CC(CC(C3)C1)C2)[C@]1(F)CCCc2ccccc2C1=O. The number of rotatable bonds is 2. The standard InChI is InChI=1S/C22H25FO3/c23-22(7-3-5-17-4-1-2-6-18(17)19(22)24)20(25)26-21-11-14-8-15(12-21)10-16(9-14)13-21/h1-2,4,6,14-16H,3,5,7-13H2/t14?,15?,16?,21?,22-/m0/s1. The van der Waals surface area contributed by atoms with E-state index in [1.165, 1.54) is 19.3 Å². The van der Waals surface area contributed by atoms with Gasteiger partial charge in [-0.15, -0.1) is 0 Å². The zero-order valence-corrected chi connectivity index (χ0v) is 15.0. The number of alkyl halides is 1. The number of esters is 1. The van der Waals surface area contributed by atoms with E-state index in [0.717, 1.165) is 24.8 Å². The molecular formula is C22H25FO3. The van der Waals surface area contributed by atoms with Gasteiger partial charge in [-0.3, -0.25) is 4.79 Å². The minimum atomic E-state index is -2.53. The second kappa shape index (κ2) is 5.64. The second-order valence-electron chi connectivity index (χ2n) is 9.13. The van der Waals surface area contributed by atoms with Crippen molar-refractivity contribution in [2.45, 2.75) is 69.1 Å². The summed E-state index contributed by atoms with van der Waals surface area (Å²) in [5.41, 5.74) is -1.87. The molecule has 4 saturated carbocycles. The summed E-state index contributed by atoms with van der Waals surface area (Å²) in [6.07, 6.45) is 7.26. The van der Waals surface area contributed by atoms with E-state index in [1.54, 1.807) is 12.1 Å². The lowest BCUT2D eigenvalue weighted by Gasteiger charge is -2.56. The first-order valence-corrected chi connectivity index (χ1v) is 10.0. The van der Waals surface area contributed by atoms with Gasteiger partial charge in [0.15, 0.2) is 0 Å². The third-order valence-corrected chi connectivity index (χ3v) is 7.20. The van der Waals surface area contributed by atoms with Crippen LogP contribution in [0.1, 0.15) is 67.3 Å². The number of fused-ring (bicyclic) bond motifs is 1. The van der Waals surface area contributed by atoms with Crippen molar-refractivity contribution in [1.82, 2.24) is 0 Å². The third-order valence-electron chi connectivity index (χ3n) is 7.20. The lowest BCUT2D eigenvalue weighted by Crippen LogP contribution is -2.55. The summed E-state index contributed by atoms with van der Waals surface area (Å²) in [6, 6.07) is 7.07. The molecule has 0 amide bonds. The van der Waals surface area contributed by atoms with Crippen molar-refractivity contribution >= 4 is 11.8 Å². The van der Waals surface area contributed by atoms with E-state index in [4.69, 9.17) is 4.74 Å². The molecule has 0 saturated heterocycles. The van der Waals surface area contributed by atoms with E-state index in [0.29, 0.717) is 36.2 Å². The normalized spacial score (nSPS) is 40.8. The Labute approximate surface area is 153 Å². The van der Waals surface area contributed by atoms with Gasteiger partial charge in [0.2, 0.25) is 5.78 Å². The Morgan fingerprint density at radius 3 is 2.31 bits per heavy atom. The molecular weight excluding hydrogens is 331 g/mol. The lowest BCUT2D eigenvalue weighted by atomic mass is 9.54. The van der Waals surface area contributed by atoms with Gasteiger partial charge in [-0.25, -0.2) is 9.18 Å². The van der Waals surface area contributed by atoms with E-state index in [9.17, 15) is 9.59 Å². The van der Waals surface area contributed by atoms with Crippen LogP contribution in [-0.4, -0.2) is 23.0 Å². The Balaban J connectivity index is 1.42. The molecule has 4 fully saturated rings. The van der Waals surface area contributed by atoms with Gasteiger partial charge in [0.05, 0.1) is 0 Å². The molecule has 1 aromatic carbocycles. The maximum absolute atomic E-state index is 15.8. The highest BCUT2D eigenvalue weighted by atomic mass is 19.1. The van der Waals surface area contributed by atoms with E-state index < -0.39 is 23.0 Å². The maximum atomic E-state index is 15.8. The molecule has 26 heavy (non-hydrogen) atoms. The molecule has 6 rings (SSSR count). The van der Waals surface area contributed by atoms with Crippen LogP contribution in [0.3, 0.4) is 0 Å². The average molecular weight is 356 g/mol. The molecule has 5 aliphatic rings. The molecule has 3 nitrogen and oxygen atoms in total. The summed E-state index contributed by atoms with van der Waals surface area (Å²) in [7, 11) is 0. The highest BCUT2D eigenvalue weighted by molar-refractivity contribution is 6.16. The summed E-state index contributed by atoms with van der Waals surface area (Å²) in [5, 5.41) is 0. The number of carbonyl (C=O) groups excluding carboxylic acids is 2. The van der Waals surface area contributed by atoms with Gasteiger partial charge in [-0.05, 0) is 74.7 Å². The number of carbonyl (C=O) groups is 2. The topological polar surface area (TPSA) is 43.4 Å². The van der Waals surface area contributed by atoms with Gasteiger partial charge in [0.25, 0.3) is 5.67 Å². The summed E-state index contributed by atoms with van der Waals surface area (Å²) in [4.78, 5) is 25.9. The summed E-state index contributed by atoms with van der Waals surface area (Å²) >= 11 is 0. The Bertz CT molecular complexity index is 735. The van der Waals surface area contributed by atoms with Crippen molar-refractivity contribution in [3.8, 4) is 0 Å². The Morgan fingerprint density at radius 2 is 1.65 bits per heavy atom. The van der Waals surface area contributed by atoms with Crippen LogP contribution < -0.4 is 0 Å². The average Bonchev–Trinajstić information content (AvgIpc) is 2.72. The fraction of sp³-hybridized carbons (Fsp3) is 0.636. The van der Waals surface area contributed by atoms with Gasteiger partial charge in [-0.2, -0.15) is 0 Å². The van der Waals surface area contributed by atoms with Crippen LogP contribution in [-0.2, 0) is 16.0 Å². The van der Waals surface area contributed by atoms with E-state index in [2.05, 4.69) is 0 Å². The molecule has 5 aliphatic carbocycles. The number of hydrogen-bond acceptors (Lipinski definition) is 3. The van der Waals surface area contributed by atoms with Gasteiger partial charge < -0.3 is 4.74 Å². The van der Waals surface area contributed by atoms with Crippen molar-refractivity contribution in [2.24, 2.45) is 17.8 Å². The van der Waals surface area contributed by atoms with Crippen LogP contribution in [0.15, 0.2) is 24.3 Å². The number of aryl methyl sites for hydroxylation is 1. The monoisotopic (exact) mass is 356 g/mol. The fourth-order valence-electron chi connectivity index (χ4n) is 6.44. The molecule has 4 heteroatoms. The van der Waals surface area contributed by atoms with E-state index in [1.807, 2.05) is 12.1 Å². The molecule has 0 unspecified atom stereocenters. The Morgan fingerprint density at radius 1 is 1.04 bits per heavy atom. The maximum Gasteiger partial charge on any atom is 0.352 e. The quantitative estimate of drug-likeness (QED) is 0.447. The summed E-state index contributed by atoms with van der Waals surface area (Å²) < 4.78 is 21.7.